The molecule has 1 heterocycles. The predicted molar refractivity (Wildman–Crippen MR) is 72.6 cm³/mol. The van der Waals surface area contributed by atoms with Crippen LogP contribution in [0.2, 0.25) is 0 Å². The summed E-state index contributed by atoms with van der Waals surface area (Å²) in [6, 6.07) is 8.25. The average Bonchev–Trinajstić information content (AvgIpc) is 2.63. The van der Waals surface area contributed by atoms with Gasteiger partial charge in [0.25, 0.3) is 0 Å². The summed E-state index contributed by atoms with van der Waals surface area (Å²) < 4.78 is 0. The summed E-state index contributed by atoms with van der Waals surface area (Å²) in [5.74, 6) is 0.490. The zero-order valence-electron chi connectivity index (χ0n) is 10.4. The molecule has 1 unspecified atom stereocenters. The molecule has 1 aliphatic rings. The molecule has 1 atom stereocenters. The molecule has 0 saturated heterocycles. The van der Waals surface area contributed by atoms with E-state index >= 15 is 0 Å². The van der Waals surface area contributed by atoms with Gasteiger partial charge in [0.05, 0.1) is 0 Å². The molecule has 2 aromatic rings. The molecule has 0 amide bonds. The fourth-order valence-electron chi connectivity index (χ4n) is 2.93. The molecule has 0 spiro atoms. The summed E-state index contributed by atoms with van der Waals surface area (Å²) >= 11 is 0. The van der Waals surface area contributed by atoms with E-state index in [9.17, 15) is 4.79 Å². The van der Waals surface area contributed by atoms with Crippen molar-refractivity contribution in [2.75, 3.05) is 0 Å². The first-order valence-electron chi connectivity index (χ1n) is 6.71. The number of carbonyl (C=O) groups is 1. The van der Waals surface area contributed by atoms with Gasteiger partial charge in [0.2, 0.25) is 0 Å². The van der Waals surface area contributed by atoms with Gasteiger partial charge in [-0.05, 0) is 29.9 Å². The Labute approximate surface area is 107 Å². The molecule has 3 rings (SSSR count). The van der Waals surface area contributed by atoms with Crippen molar-refractivity contribution >= 4 is 16.6 Å². The lowest BCUT2D eigenvalue weighted by atomic mass is 9.88. The summed E-state index contributed by atoms with van der Waals surface area (Å²) in [6.45, 7) is 0. The lowest BCUT2D eigenvalue weighted by molar-refractivity contribution is -0.120. The maximum Gasteiger partial charge on any atom is 0.140 e. The van der Waals surface area contributed by atoms with Gasteiger partial charge >= 0.3 is 0 Å². The smallest absolute Gasteiger partial charge is 0.140 e. The summed E-state index contributed by atoms with van der Waals surface area (Å²) in [5, 5.41) is 2.32. The number of nitrogens with zero attached hydrogens (tertiary/aromatic N) is 1. The van der Waals surface area contributed by atoms with Crippen molar-refractivity contribution < 1.29 is 4.79 Å². The Hall–Kier alpha value is -1.70. The molecule has 0 radical (unpaired) electrons. The van der Waals surface area contributed by atoms with E-state index < -0.39 is 0 Å². The van der Waals surface area contributed by atoms with E-state index in [2.05, 4.69) is 23.2 Å². The van der Waals surface area contributed by atoms with Crippen LogP contribution in [0.5, 0.6) is 0 Å². The SMILES string of the molecule is O=C1CCCCCC1c1cccc2ccncc12. The number of ketones is 1. The average molecular weight is 239 g/mol. The highest BCUT2D eigenvalue weighted by molar-refractivity contribution is 5.93. The molecular weight excluding hydrogens is 222 g/mol. The van der Waals surface area contributed by atoms with Gasteiger partial charge in [0.15, 0.2) is 0 Å². The van der Waals surface area contributed by atoms with Crippen LogP contribution in [-0.2, 0) is 4.79 Å². The molecule has 0 N–H and O–H groups in total. The number of hydrogen-bond donors (Lipinski definition) is 0. The lowest BCUT2D eigenvalue weighted by Crippen LogP contribution is -2.10. The number of hydrogen-bond acceptors (Lipinski definition) is 2. The maximum atomic E-state index is 12.2. The van der Waals surface area contributed by atoms with Crippen molar-refractivity contribution in [1.82, 2.24) is 4.98 Å². The molecule has 18 heavy (non-hydrogen) atoms. The molecule has 92 valence electrons. The molecule has 2 heteroatoms. The molecule has 1 aliphatic carbocycles. The van der Waals surface area contributed by atoms with Gasteiger partial charge in [-0.25, -0.2) is 0 Å². The molecule has 1 fully saturated rings. The van der Waals surface area contributed by atoms with E-state index in [1.807, 2.05) is 12.3 Å². The molecule has 1 aromatic carbocycles. The number of carbonyl (C=O) groups excluding carboxylic acids is 1. The number of pyridine rings is 1. The zero-order chi connectivity index (χ0) is 12.4. The third-order valence-corrected chi connectivity index (χ3v) is 3.90. The van der Waals surface area contributed by atoms with Crippen LogP contribution in [0, 0.1) is 0 Å². The monoisotopic (exact) mass is 239 g/mol. The van der Waals surface area contributed by atoms with Crippen molar-refractivity contribution in [3.63, 3.8) is 0 Å². The largest absolute Gasteiger partial charge is 0.299 e. The molecular formula is C16H17NO. The van der Waals surface area contributed by atoms with E-state index in [4.69, 9.17) is 0 Å². The van der Waals surface area contributed by atoms with Crippen LogP contribution in [0.1, 0.15) is 43.6 Å². The molecule has 0 bridgehead atoms. The summed E-state index contributed by atoms with van der Waals surface area (Å²) in [5.41, 5.74) is 1.17. The third-order valence-electron chi connectivity index (χ3n) is 3.90. The first-order valence-corrected chi connectivity index (χ1v) is 6.71. The van der Waals surface area contributed by atoms with Gasteiger partial charge in [-0.2, -0.15) is 0 Å². The minimum absolute atomic E-state index is 0.0837. The van der Waals surface area contributed by atoms with E-state index in [-0.39, 0.29) is 5.92 Å². The second kappa shape index (κ2) is 4.89. The highest BCUT2D eigenvalue weighted by atomic mass is 16.1. The van der Waals surface area contributed by atoms with E-state index in [0.29, 0.717) is 5.78 Å². The van der Waals surface area contributed by atoms with Crippen LogP contribution in [0.25, 0.3) is 10.8 Å². The van der Waals surface area contributed by atoms with Crippen LogP contribution in [0.4, 0.5) is 0 Å². The number of Topliss-reactive ketones (excluding diaryl/α,β-unsaturated/α-hetero) is 1. The Balaban J connectivity index is 2.10. The van der Waals surface area contributed by atoms with Gasteiger partial charge in [0.1, 0.15) is 5.78 Å². The Kier molecular flexibility index (Phi) is 3.09. The highest BCUT2D eigenvalue weighted by Gasteiger charge is 2.23. The number of fused-ring (bicyclic) bond motifs is 1. The topological polar surface area (TPSA) is 30.0 Å². The second-order valence-electron chi connectivity index (χ2n) is 5.06. The van der Waals surface area contributed by atoms with Gasteiger partial charge in [0, 0.05) is 30.1 Å². The fraction of sp³-hybridized carbons (Fsp3) is 0.375. The van der Waals surface area contributed by atoms with Crippen molar-refractivity contribution in [3.05, 3.63) is 42.2 Å². The summed E-state index contributed by atoms with van der Waals surface area (Å²) in [7, 11) is 0. The highest BCUT2D eigenvalue weighted by Crippen LogP contribution is 2.33. The fourth-order valence-corrected chi connectivity index (χ4v) is 2.93. The Bertz CT molecular complexity index is 571. The standard InChI is InChI=1S/C16H17NO/c18-16-8-3-1-2-6-14(16)13-7-4-5-12-9-10-17-11-15(12)13/h4-5,7,9-11,14H,1-3,6,8H2. The van der Waals surface area contributed by atoms with Gasteiger partial charge in [-0.15, -0.1) is 0 Å². The maximum absolute atomic E-state index is 12.2. The van der Waals surface area contributed by atoms with E-state index in [1.165, 1.54) is 17.4 Å². The quantitative estimate of drug-likeness (QED) is 0.707. The van der Waals surface area contributed by atoms with Gasteiger partial charge in [-0.1, -0.05) is 31.0 Å². The van der Waals surface area contributed by atoms with Crippen LogP contribution in [0.15, 0.2) is 36.7 Å². The van der Waals surface area contributed by atoms with Crippen molar-refractivity contribution in [2.24, 2.45) is 0 Å². The van der Waals surface area contributed by atoms with Gasteiger partial charge < -0.3 is 0 Å². The van der Waals surface area contributed by atoms with E-state index in [0.717, 1.165) is 31.1 Å². The van der Waals surface area contributed by atoms with Crippen molar-refractivity contribution in [3.8, 4) is 0 Å². The van der Waals surface area contributed by atoms with Crippen molar-refractivity contribution in [2.45, 2.75) is 38.0 Å². The van der Waals surface area contributed by atoms with Crippen LogP contribution in [0.3, 0.4) is 0 Å². The normalized spacial score (nSPS) is 20.9. The molecule has 1 aromatic heterocycles. The van der Waals surface area contributed by atoms with Crippen molar-refractivity contribution in [1.29, 1.82) is 0 Å². The van der Waals surface area contributed by atoms with Crippen LogP contribution < -0.4 is 0 Å². The summed E-state index contributed by atoms with van der Waals surface area (Å²) in [6.07, 6.45) is 8.83. The first kappa shape index (κ1) is 11.4. The third kappa shape index (κ3) is 2.03. The first-order chi connectivity index (χ1) is 8.86. The number of aromatic nitrogens is 1. The minimum atomic E-state index is 0.0837. The van der Waals surface area contributed by atoms with E-state index in [1.54, 1.807) is 6.20 Å². The Morgan fingerprint density at radius 1 is 1.11 bits per heavy atom. The molecule has 0 aliphatic heterocycles. The lowest BCUT2D eigenvalue weighted by Gasteiger charge is -2.15. The van der Waals surface area contributed by atoms with Gasteiger partial charge in [-0.3, -0.25) is 9.78 Å². The zero-order valence-corrected chi connectivity index (χ0v) is 10.4. The Morgan fingerprint density at radius 2 is 2.06 bits per heavy atom. The summed E-state index contributed by atoms with van der Waals surface area (Å²) in [4.78, 5) is 16.4. The predicted octanol–water partition coefficient (Wildman–Crippen LogP) is 3.85. The van der Waals surface area contributed by atoms with Crippen LogP contribution in [-0.4, -0.2) is 10.8 Å². The molecule has 1 saturated carbocycles. The second-order valence-corrected chi connectivity index (χ2v) is 5.06. The molecule has 2 nitrogen and oxygen atoms in total. The van der Waals surface area contributed by atoms with Crippen LogP contribution >= 0.6 is 0 Å². The minimum Gasteiger partial charge on any atom is -0.299 e. The number of benzene rings is 1. The number of rotatable bonds is 1. The Morgan fingerprint density at radius 3 is 3.00 bits per heavy atom.